The summed E-state index contributed by atoms with van der Waals surface area (Å²) in [6.07, 6.45) is 26.3. The number of piperidine rings is 2. The third kappa shape index (κ3) is 16.0. The number of nitrogens with one attached hydrogen (secondary N) is 3. The number of fused-ring (bicyclic) bond motifs is 2. The smallest absolute Gasteiger partial charge is 0.270 e. The van der Waals surface area contributed by atoms with Crippen molar-refractivity contribution in [1.82, 2.24) is 38.7 Å². The van der Waals surface area contributed by atoms with Crippen molar-refractivity contribution in [3.05, 3.63) is 116 Å². The number of aryl methyl sites for hydroxylation is 2. The van der Waals surface area contributed by atoms with Crippen LogP contribution < -0.4 is 27.1 Å². The fourth-order valence-corrected chi connectivity index (χ4v) is 13.7. The lowest BCUT2D eigenvalue weighted by Gasteiger charge is -2.31. The van der Waals surface area contributed by atoms with Crippen LogP contribution in [-0.2, 0) is 31.9 Å². The number of anilines is 2. The van der Waals surface area contributed by atoms with Crippen molar-refractivity contribution in [3.63, 3.8) is 0 Å². The first-order chi connectivity index (χ1) is 39.2. The number of benzene rings is 2. The highest BCUT2D eigenvalue weighted by Gasteiger charge is 2.31. The molecule has 18 nitrogen and oxygen atoms in total. The van der Waals surface area contributed by atoms with E-state index in [1.165, 1.54) is 49.7 Å². The van der Waals surface area contributed by atoms with E-state index in [1.54, 1.807) is 62.2 Å². The molecular weight excluding hydrogens is 1080 g/mol. The second-order valence-electron chi connectivity index (χ2n) is 21.8. The van der Waals surface area contributed by atoms with E-state index in [1.807, 2.05) is 36.4 Å². The van der Waals surface area contributed by atoms with Crippen LogP contribution in [0.1, 0.15) is 177 Å². The predicted molar refractivity (Wildman–Crippen MR) is 319 cm³/mol. The van der Waals surface area contributed by atoms with Gasteiger partial charge in [0.2, 0.25) is 21.9 Å². The first-order valence-electron chi connectivity index (χ1n) is 29.2. The largest absolute Gasteiger partial charge is 0.351 e. The van der Waals surface area contributed by atoms with E-state index in [-0.39, 0.29) is 45.3 Å². The quantitative estimate of drug-likeness (QED) is 0.0504. The molecule has 2 aliphatic carbocycles. The summed E-state index contributed by atoms with van der Waals surface area (Å²) in [5.41, 5.74) is 3.28. The summed E-state index contributed by atoms with van der Waals surface area (Å²) >= 11 is 0. The lowest BCUT2D eigenvalue weighted by Crippen LogP contribution is -2.42. The van der Waals surface area contributed by atoms with Crippen LogP contribution >= 0.6 is 10.7 Å². The summed E-state index contributed by atoms with van der Waals surface area (Å²) in [7, 11) is -1.90. The average molecular weight is 1160 g/mol. The van der Waals surface area contributed by atoms with Gasteiger partial charge in [0, 0.05) is 71.1 Å². The number of pyridine rings is 2. The first-order valence-corrected chi connectivity index (χ1v) is 33.0. The minimum atomic E-state index is -3.58. The van der Waals surface area contributed by atoms with Gasteiger partial charge in [-0.2, -0.15) is 24.8 Å². The van der Waals surface area contributed by atoms with Gasteiger partial charge < -0.3 is 16.0 Å². The Labute approximate surface area is 481 Å². The maximum Gasteiger partial charge on any atom is 0.270 e. The van der Waals surface area contributed by atoms with Crippen LogP contribution in [0.4, 0.5) is 11.9 Å². The molecule has 0 bridgehead atoms. The van der Waals surface area contributed by atoms with Gasteiger partial charge in [-0.05, 0) is 138 Å². The third-order valence-corrected chi connectivity index (χ3v) is 19.3. The maximum atomic E-state index is 13.3. The number of aromatic nitrogens is 6. The molecule has 3 N–H and O–H groups in total. The molecule has 10 rings (SSSR count). The van der Waals surface area contributed by atoms with Gasteiger partial charge in [-0.15, -0.1) is 0 Å². The van der Waals surface area contributed by atoms with Gasteiger partial charge in [-0.1, -0.05) is 102 Å². The van der Waals surface area contributed by atoms with E-state index >= 15 is 0 Å². The second-order valence-corrected chi connectivity index (χ2v) is 26.4. The van der Waals surface area contributed by atoms with E-state index in [4.69, 9.17) is 15.7 Å². The number of hydrogen-bond acceptors (Lipinski definition) is 15. The zero-order valence-corrected chi connectivity index (χ0v) is 49.2. The van der Waals surface area contributed by atoms with Crippen molar-refractivity contribution in [2.75, 3.05) is 36.8 Å². The molecule has 432 valence electrons. The highest BCUT2D eigenvalue weighted by atomic mass is 35.7. The van der Waals surface area contributed by atoms with Crippen LogP contribution in [0.25, 0.3) is 22.1 Å². The zero-order valence-electron chi connectivity index (χ0n) is 46.8. The van der Waals surface area contributed by atoms with Crippen LogP contribution in [-0.4, -0.2) is 88.5 Å². The molecule has 4 aliphatic rings. The standard InChI is InChI=1S/C30H38N6O3S.C18H22N6O.C12H17ClO2S/c1-2-3-4-5-8-22-11-13-27(14-12-22)40(38,39)35-17-15-25(16-18-35)33-30-32-21-24-19-23(20-31)29(37)36(28(24)34-30)26-9-6-7-10-26;19-10-12-9-13-11-21-18(22-14-5-7-20-8-6-14)23-16(13)24(17(12)25)15-3-1-2-4-15;1-2-3-4-5-6-11-7-9-12(10-8-11)16(13,14)15/h11-14,19,21,25-26H,2-10,15-18H2,1H3,(H,32,33,34);9,11,14-15,20H,1-8H2,(H,21,22,23);7-10H,2-6H2,1H3. The predicted octanol–water partition coefficient (Wildman–Crippen LogP) is 10.8. The van der Waals surface area contributed by atoms with Crippen LogP contribution in [0.15, 0.2) is 92.4 Å². The topological polar surface area (TPSA) is 251 Å². The minimum Gasteiger partial charge on any atom is -0.351 e. The van der Waals surface area contributed by atoms with Crippen molar-refractivity contribution >= 4 is 63.7 Å². The van der Waals surface area contributed by atoms with Gasteiger partial charge in [-0.3, -0.25) is 18.7 Å². The molecule has 4 aromatic heterocycles. The molecule has 4 fully saturated rings. The fraction of sp³-hybridized carbons (Fsp3) is 0.533. The van der Waals surface area contributed by atoms with E-state index in [2.05, 4.69) is 44.7 Å². The van der Waals surface area contributed by atoms with E-state index in [0.717, 1.165) is 108 Å². The molecule has 2 aromatic carbocycles. The normalized spacial score (nSPS) is 16.8. The third-order valence-electron chi connectivity index (χ3n) is 16.0. The van der Waals surface area contributed by atoms with E-state index in [9.17, 15) is 36.9 Å². The van der Waals surface area contributed by atoms with Gasteiger partial charge in [0.25, 0.3) is 20.2 Å². The minimum absolute atomic E-state index is 0.0134. The lowest BCUT2D eigenvalue weighted by molar-refractivity contribution is 0.329. The van der Waals surface area contributed by atoms with Crippen molar-refractivity contribution < 1.29 is 16.8 Å². The molecular formula is C60H77ClN12O6S2. The molecule has 0 spiro atoms. The summed E-state index contributed by atoms with van der Waals surface area (Å²) in [5.74, 6) is 0.981. The highest BCUT2D eigenvalue weighted by Crippen LogP contribution is 2.33. The van der Waals surface area contributed by atoms with Gasteiger partial charge in [-0.25, -0.2) is 26.8 Å². The number of hydrogen-bond donors (Lipinski definition) is 3. The molecule has 0 radical (unpaired) electrons. The Hall–Kier alpha value is -6.29. The van der Waals surface area contributed by atoms with Crippen LogP contribution in [0, 0.1) is 22.7 Å². The maximum absolute atomic E-state index is 13.3. The molecule has 6 heterocycles. The highest BCUT2D eigenvalue weighted by molar-refractivity contribution is 8.13. The SMILES string of the molecule is CCCCCCc1ccc(S(=O)(=O)Cl)cc1.CCCCCCc1ccc(S(=O)(=O)N2CCC(Nc3ncc4cc(C#N)c(=O)n(C5CCCC5)c4n3)CC2)cc1.N#Cc1cc2cnc(NC3CCNCC3)nc2n(C2CCCC2)c1=O. The monoisotopic (exact) mass is 1160 g/mol. The molecule has 2 saturated heterocycles. The molecule has 0 unspecified atom stereocenters. The van der Waals surface area contributed by atoms with Crippen molar-refractivity contribution in [2.45, 2.75) is 189 Å². The Kier molecular flexibility index (Phi) is 21.8. The van der Waals surface area contributed by atoms with Gasteiger partial charge in [0.1, 0.15) is 34.6 Å². The number of nitrogens with zero attached hydrogens (tertiary/aromatic N) is 9. The summed E-state index contributed by atoms with van der Waals surface area (Å²) in [6, 6.07) is 21.9. The Morgan fingerprint density at radius 2 is 1.01 bits per heavy atom. The van der Waals surface area contributed by atoms with Crippen LogP contribution in [0.2, 0.25) is 0 Å². The molecule has 81 heavy (non-hydrogen) atoms. The Morgan fingerprint density at radius 1 is 0.593 bits per heavy atom. The van der Waals surface area contributed by atoms with Crippen molar-refractivity contribution in [1.29, 1.82) is 10.5 Å². The van der Waals surface area contributed by atoms with Crippen LogP contribution in [0.5, 0.6) is 0 Å². The Balaban J connectivity index is 0.000000178. The molecule has 21 heteroatoms. The lowest BCUT2D eigenvalue weighted by atomic mass is 10.1. The summed E-state index contributed by atoms with van der Waals surface area (Å²) in [5, 5.41) is 30.3. The van der Waals surface area contributed by atoms with E-state index < -0.39 is 19.1 Å². The van der Waals surface area contributed by atoms with Gasteiger partial charge >= 0.3 is 0 Å². The first kappa shape index (κ1) is 60.8. The number of nitriles is 2. The number of unbranched alkanes of at least 4 members (excludes halogenated alkanes) is 6. The molecule has 2 aliphatic heterocycles. The van der Waals surface area contributed by atoms with Gasteiger partial charge in [0.05, 0.1) is 9.79 Å². The summed E-state index contributed by atoms with van der Waals surface area (Å²) < 4.78 is 53.6. The Morgan fingerprint density at radius 3 is 1.42 bits per heavy atom. The van der Waals surface area contributed by atoms with Crippen LogP contribution in [0.3, 0.4) is 0 Å². The molecule has 6 aromatic rings. The molecule has 0 amide bonds. The summed E-state index contributed by atoms with van der Waals surface area (Å²) in [4.78, 5) is 44.5. The average Bonchev–Trinajstić information content (AvgIpc) is 4.41. The van der Waals surface area contributed by atoms with Crippen molar-refractivity contribution in [2.24, 2.45) is 0 Å². The Bertz CT molecular complexity index is 3500. The molecule has 2 saturated carbocycles. The van der Waals surface area contributed by atoms with E-state index in [0.29, 0.717) is 65.4 Å². The number of halogens is 1. The number of rotatable bonds is 19. The van der Waals surface area contributed by atoms with Gasteiger partial charge in [0.15, 0.2) is 0 Å². The fourth-order valence-electron chi connectivity index (χ4n) is 11.4. The molecule has 0 atom stereocenters. The summed E-state index contributed by atoms with van der Waals surface area (Å²) in [6.45, 7) is 7.17. The second kappa shape index (κ2) is 29.1. The number of sulfonamides is 1. The van der Waals surface area contributed by atoms with Crippen molar-refractivity contribution in [3.8, 4) is 12.1 Å². The zero-order chi connectivity index (χ0) is 57.4.